The molecule has 1 N–H and O–H groups in total. The number of fused-ring (bicyclic) bond motifs is 1. The van der Waals surface area contributed by atoms with Crippen LogP contribution in [0.5, 0.6) is 5.75 Å². The SMILES string of the molecule is O=C(c1cccc([N+](=O)[O-])c1O)N1C[C@H]2CC=CC[C@@H]2C1. The number of phenols is 1. The Labute approximate surface area is 121 Å². The number of hydrogen-bond donors (Lipinski definition) is 1. The lowest BCUT2D eigenvalue weighted by Gasteiger charge is -2.17. The summed E-state index contributed by atoms with van der Waals surface area (Å²) in [5.41, 5.74) is -0.421. The van der Waals surface area contributed by atoms with Gasteiger partial charge in [-0.15, -0.1) is 0 Å². The fourth-order valence-electron chi connectivity index (χ4n) is 3.20. The Balaban J connectivity index is 1.83. The van der Waals surface area contributed by atoms with Crippen LogP contribution in [-0.4, -0.2) is 33.9 Å². The highest BCUT2D eigenvalue weighted by atomic mass is 16.6. The van der Waals surface area contributed by atoms with Gasteiger partial charge < -0.3 is 10.0 Å². The first-order chi connectivity index (χ1) is 10.1. The molecule has 0 bridgehead atoms. The predicted octanol–water partition coefficient (Wildman–Crippen LogP) is 2.34. The molecular weight excluding hydrogens is 272 g/mol. The van der Waals surface area contributed by atoms with E-state index in [0.717, 1.165) is 12.8 Å². The number of benzene rings is 1. The first-order valence-corrected chi connectivity index (χ1v) is 6.98. The van der Waals surface area contributed by atoms with E-state index in [2.05, 4.69) is 12.2 Å². The van der Waals surface area contributed by atoms with E-state index in [9.17, 15) is 20.0 Å². The van der Waals surface area contributed by atoms with Crippen molar-refractivity contribution in [2.45, 2.75) is 12.8 Å². The Morgan fingerprint density at radius 3 is 2.43 bits per heavy atom. The summed E-state index contributed by atoms with van der Waals surface area (Å²) in [5.74, 6) is 0.0469. The van der Waals surface area contributed by atoms with Crippen LogP contribution in [0.4, 0.5) is 5.69 Å². The molecule has 1 heterocycles. The number of nitro benzene ring substituents is 1. The van der Waals surface area contributed by atoms with Crippen molar-refractivity contribution >= 4 is 11.6 Å². The van der Waals surface area contributed by atoms with E-state index in [4.69, 9.17) is 0 Å². The van der Waals surface area contributed by atoms with Gasteiger partial charge in [-0.05, 0) is 30.7 Å². The van der Waals surface area contributed by atoms with Gasteiger partial charge in [0.2, 0.25) is 5.75 Å². The van der Waals surface area contributed by atoms with E-state index in [1.807, 2.05) is 0 Å². The zero-order chi connectivity index (χ0) is 15.0. The van der Waals surface area contributed by atoms with E-state index in [1.54, 1.807) is 4.90 Å². The number of likely N-dealkylation sites (tertiary alicyclic amines) is 1. The Morgan fingerprint density at radius 2 is 1.86 bits per heavy atom. The molecule has 1 aromatic rings. The fourth-order valence-corrected chi connectivity index (χ4v) is 3.20. The van der Waals surface area contributed by atoms with E-state index in [-0.39, 0.29) is 11.5 Å². The van der Waals surface area contributed by atoms with Crippen LogP contribution in [0.2, 0.25) is 0 Å². The summed E-state index contributed by atoms with van der Waals surface area (Å²) in [6, 6.07) is 4.06. The molecule has 1 aromatic carbocycles. The standard InChI is InChI=1S/C15H16N2O4/c18-14-12(6-3-7-13(14)17(20)21)15(19)16-8-10-4-1-2-5-11(10)9-16/h1-3,6-7,10-11,18H,4-5,8-9H2/t10-,11-/m1/s1. The molecule has 0 saturated carbocycles. The largest absolute Gasteiger partial charge is 0.502 e. The molecule has 1 saturated heterocycles. The molecular formula is C15H16N2O4. The van der Waals surface area contributed by atoms with Crippen LogP contribution in [0.15, 0.2) is 30.4 Å². The maximum absolute atomic E-state index is 12.5. The zero-order valence-corrected chi connectivity index (χ0v) is 11.4. The molecule has 1 aliphatic carbocycles. The molecule has 1 amide bonds. The lowest BCUT2D eigenvalue weighted by atomic mass is 9.86. The first-order valence-electron chi connectivity index (χ1n) is 6.98. The van der Waals surface area contributed by atoms with Gasteiger partial charge in [-0.1, -0.05) is 18.2 Å². The Morgan fingerprint density at radius 1 is 1.24 bits per heavy atom. The molecule has 0 spiro atoms. The van der Waals surface area contributed by atoms with Gasteiger partial charge >= 0.3 is 5.69 Å². The van der Waals surface area contributed by atoms with Gasteiger partial charge in [-0.25, -0.2) is 0 Å². The second-order valence-corrected chi connectivity index (χ2v) is 5.60. The van der Waals surface area contributed by atoms with E-state index < -0.39 is 16.4 Å². The molecule has 0 aromatic heterocycles. The van der Waals surface area contributed by atoms with Crippen LogP contribution in [0.3, 0.4) is 0 Å². The minimum atomic E-state index is -0.681. The highest BCUT2D eigenvalue weighted by molar-refractivity contribution is 5.98. The number of hydrogen-bond acceptors (Lipinski definition) is 4. The number of nitrogens with zero attached hydrogens (tertiary/aromatic N) is 2. The van der Waals surface area contributed by atoms with Crippen LogP contribution in [0, 0.1) is 22.0 Å². The molecule has 0 radical (unpaired) electrons. The van der Waals surface area contributed by atoms with Crippen molar-refractivity contribution < 1.29 is 14.8 Å². The Kier molecular flexibility index (Phi) is 3.37. The van der Waals surface area contributed by atoms with Gasteiger partial charge in [0.25, 0.3) is 5.91 Å². The number of allylic oxidation sites excluding steroid dienone is 2. The highest BCUT2D eigenvalue weighted by Gasteiger charge is 2.36. The number of nitro groups is 1. The quantitative estimate of drug-likeness (QED) is 0.514. The highest BCUT2D eigenvalue weighted by Crippen LogP contribution is 2.35. The van der Waals surface area contributed by atoms with E-state index in [1.165, 1.54) is 18.2 Å². The van der Waals surface area contributed by atoms with Gasteiger partial charge in [0, 0.05) is 19.2 Å². The number of aromatic hydroxyl groups is 1. The number of para-hydroxylation sites is 1. The smallest absolute Gasteiger partial charge is 0.311 e. The number of phenolic OH excluding ortho intramolecular Hbond substituents is 1. The topological polar surface area (TPSA) is 83.7 Å². The Hall–Kier alpha value is -2.37. The van der Waals surface area contributed by atoms with Crippen molar-refractivity contribution in [2.24, 2.45) is 11.8 Å². The lowest BCUT2D eigenvalue weighted by Crippen LogP contribution is -2.29. The Bertz CT molecular complexity index is 610. The third kappa shape index (κ3) is 2.37. The molecule has 110 valence electrons. The summed E-state index contributed by atoms with van der Waals surface area (Å²) in [7, 11) is 0. The summed E-state index contributed by atoms with van der Waals surface area (Å²) >= 11 is 0. The van der Waals surface area contributed by atoms with E-state index in [0.29, 0.717) is 24.9 Å². The summed E-state index contributed by atoms with van der Waals surface area (Å²) in [6.45, 7) is 1.30. The first kappa shape index (κ1) is 13.6. The van der Waals surface area contributed by atoms with Crippen LogP contribution >= 0.6 is 0 Å². The molecule has 6 nitrogen and oxygen atoms in total. The molecule has 2 atom stereocenters. The van der Waals surface area contributed by atoms with Crippen LogP contribution < -0.4 is 0 Å². The maximum Gasteiger partial charge on any atom is 0.311 e. The van der Waals surface area contributed by atoms with Crippen LogP contribution in [0.25, 0.3) is 0 Å². The van der Waals surface area contributed by atoms with Crippen molar-refractivity contribution in [3.05, 3.63) is 46.0 Å². The van der Waals surface area contributed by atoms with Crippen molar-refractivity contribution in [3.63, 3.8) is 0 Å². The maximum atomic E-state index is 12.5. The second-order valence-electron chi connectivity index (χ2n) is 5.60. The van der Waals surface area contributed by atoms with Crippen molar-refractivity contribution in [2.75, 3.05) is 13.1 Å². The summed E-state index contributed by atoms with van der Waals surface area (Å²) in [5, 5.41) is 20.8. The zero-order valence-electron chi connectivity index (χ0n) is 11.4. The van der Waals surface area contributed by atoms with Crippen LogP contribution in [-0.2, 0) is 0 Å². The van der Waals surface area contributed by atoms with Crippen molar-refractivity contribution in [1.29, 1.82) is 0 Å². The monoisotopic (exact) mass is 288 g/mol. The average molecular weight is 288 g/mol. The third-order valence-electron chi connectivity index (χ3n) is 4.35. The number of amides is 1. The second kappa shape index (κ2) is 5.20. The number of rotatable bonds is 2. The normalized spacial score (nSPS) is 23.9. The third-order valence-corrected chi connectivity index (χ3v) is 4.35. The molecule has 21 heavy (non-hydrogen) atoms. The van der Waals surface area contributed by atoms with Crippen LogP contribution in [0.1, 0.15) is 23.2 Å². The van der Waals surface area contributed by atoms with Gasteiger partial charge in [-0.2, -0.15) is 0 Å². The molecule has 1 aliphatic heterocycles. The number of carbonyl (C=O) groups is 1. The summed E-state index contributed by atoms with van der Waals surface area (Å²) in [4.78, 5) is 24.4. The predicted molar refractivity (Wildman–Crippen MR) is 76.0 cm³/mol. The molecule has 6 heteroatoms. The molecule has 0 unspecified atom stereocenters. The molecule has 3 rings (SSSR count). The summed E-state index contributed by atoms with van der Waals surface area (Å²) < 4.78 is 0. The van der Waals surface area contributed by atoms with Crippen molar-refractivity contribution in [3.8, 4) is 5.75 Å². The van der Waals surface area contributed by atoms with Gasteiger partial charge in [0.1, 0.15) is 0 Å². The molecule has 1 fully saturated rings. The average Bonchev–Trinajstić information content (AvgIpc) is 2.90. The van der Waals surface area contributed by atoms with Crippen molar-refractivity contribution in [1.82, 2.24) is 4.90 Å². The van der Waals surface area contributed by atoms with E-state index >= 15 is 0 Å². The number of carbonyl (C=O) groups excluding carboxylic acids is 1. The minimum absolute atomic E-state index is 0.0100. The lowest BCUT2D eigenvalue weighted by molar-refractivity contribution is -0.385. The summed E-state index contributed by atoms with van der Waals surface area (Å²) in [6.07, 6.45) is 6.21. The molecule has 2 aliphatic rings. The van der Waals surface area contributed by atoms with Gasteiger partial charge in [0.15, 0.2) is 0 Å². The van der Waals surface area contributed by atoms with Gasteiger partial charge in [0.05, 0.1) is 10.5 Å². The fraction of sp³-hybridized carbons (Fsp3) is 0.400. The van der Waals surface area contributed by atoms with Gasteiger partial charge in [-0.3, -0.25) is 14.9 Å². The minimum Gasteiger partial charge on any atom is -0.502 e.